The number of carbonyl (C=O) groups is 2. The van der Waals surface area contributed by atoms with Crippen molar-refractivity contribution in [2.24, 2.45) is 5.92 Å². The molecular formula is C22H23ClN2O2. The van der Waals surface area contributed by atoms with E-state index < -0.39 is 0 Å². The quantitative estimate of drug-likeness (QED) is 0.872. The van der Waals surface area contributed by atoms with Gasteiger partial charge in [-0.05, 0) is 48.9 Å². The van der Waals surface area contributed by atoms with Gasteiger partial charge in [0.2, 0.25) is 5.91 Å². The Bertz CT molecular complexity index is 831. The summed E-state index contributed by atoms with van der Waals surface area (Å²) in [5, 5.41) is 3.84. The van der Waals surface area contributed by atoms with E-state index in [-0.39, 0.29) is 29.7 Å². The molecule has 0 bridgehead atoms. The maximum absolute atomic E-state index is 12.8. The lowest BCUT2D eigenvalue weighted by atomic mass is 10.0. The number of amides is 2. The highest BCUT2D eigenvalue weighted by atomic mass is 35.5. The highest BCUT2D eigenvalue weighted by molar-refractivity contribution is 6.31. The van der Waals surface area contributed by atoms with Crippen molar-refractivity contribution in [3.63, 3.8) is 0 Å². The lowest BCUT2D eigenvalue weighted by Crippen LogP contribution is -2.47. The fourth-order valence-electron chi connectivity index (χ4n) is 3.92. The molecule has 1 aliphatic heterocycles. The van der Waals surface area contributed by atoms with Crippen LogP contribution in [0.4, 0.5) is 0 Å². The van der Waals surface area contributed by atoms with Crippen LogP contribution in [-0.2, 0) is 4.79 Å². The lowest BCUT2D eigenvalue weighted by Gasteiger charge is -2.32. The van der Waals surface area contributed by atoms with E-state index >= 15 is 0 Å². The van der Waals surface area contributed by atoms with Gasteiger partial charge < -0.3 is 10.2 Å². The van der Waals surface area contributed by atoms with Crippen molar-refractivity contribution < 1.29 is 9.59 Å². The van der Waals surface area contributed by atoms with Crippen molar-refractivity contribution >= 4 is 23.4 Å². The second kappa shape index (κ2) is 7.73. The second-order valence-corrected chi connectivity index (χ2v) is 7.82. The lowest BCUT2D eigenvalue weighted by molar-refractivity contribution is -0.133. The summed E-state index contributed by atoms with van der Waals surface area (Å²) in [4.78, 5) is 27.0. The molecule has 1 N–H and O–H groups in total. The average Bonchev–Trinajstić information content (AvgIpc) is 3.49. The molecule has 1 saturated carbocycles. The summed E-state index contributed by atoms with van der Waals surface area (Å²) < 4.78 is 0. The summed E-state index contributed by atoms with van der Waals surface area (Å²) in [6.07, 6.45) is 2.48. The molecule has 140 valence electrons. The van der Waals surface area contributed by atoms with Crippen LogP contribution in [0.3, 0.4) is 0 Å². The molecule has 5 heteroatoms. The molecule has 1 saturated heterocycles. The van der Waals surface area contributed by atoms with Crippen LogP contribution < -0.4 is 5.32 Å². The number of likely N-dealkylation sites (tertiary alicyclic amines) is 1. The van der Waals surface area contributed by atoms with E-state index in [1.165, 1.54) is 0 Å². The Balaban J connectivity index is 1.28. The van der Waals surface area contributed by atoms with Crippen molar-refractivity contribution in [1.82, 2.24) is 10.2 Å². The maximum atomic E-state index is 12.8. The van der Waals surface area contributed by atoms with Gasteiger partial charge in [0.15, 0.2) is 0 Å². The zero-order valence-corrected chi connectivity index (χ0v) is 15.9. The molecule has 1 aliphatic carbocycles. The number of carbonyl (C=O) groups excluding carboxylic acids is 2. The van der Waals surface area contributed by atoms with Gasteiger partial charge in [-0.3, -0.25) is 9.59 Å². The molecule has 0 spiro atoms. The first-order valence-electron chi connectivity index (χ1n) is 9.52. The van der Waals surface area contributed by atoms with Gasteiger partial charge in [-0.25, -0.2) is 0 Å². The molecule has 2 atom stereocenters. The van der Waals surface area contributed by atoms with Crippen LogP contribution in [0.25, 0.3) is 0 Å². The number of rotatable bonds is 4. The maximum Gasteiger partial charge on any atom is 0.251 e. The third kappa shape index (κ3) is 4.01. The van der Waals surface area contributed by atoms with E-state index in [1.54, 1.807) is 0 Å². The summed E-state index contributed by atoms with van der Waals surface area (Å²) >= 11 is 6.27. The number of piperidine rings is 1. The smallest absolute Gasteiger partial charge is 0.251 e. The van der Waals surface area contributed by atoms with Crippen LogP contribution in [0.2, 0.25) is 5.02 Å². The van der Waals surface area contributed by atoms with Crippen LogP contribution in [0.1, 0.15) is 41.1 Å². The molecule has 0 aromatic heterocycles. The number of nitrogens with zero attached hydrogens (tertiary/aromatic N) is 1. The Morgan fingerprint density at radius 2 is 1.63 bits per heavy atom. The Morgan fingerprint density at radius 1 is 0.963 bits per heavy atom. The van der Waals surface area contributed by atoms with Crippen LogP contribution >= 0.6 is 11.6 Å². The third-order valence-corrected chi connectivity index (χ3v) is 5.93. The van der Waals surface area contributed by atoms with E-state index in [0.717, 1.165) is 29.8 Å². The summed E-state index contributed by atoms with van der Waals surface area (Å²) in [5.41, 5.74) is 1.76. The van der Waals surface area contributed by atoms with E-state index in [9.17, 15) is 9.59 Å². The highest BCUT2D eigenvalue weighted by Gasteiger charge is 2.46. The van der Waals surface area contributed by atoms with Crippen molar-refractivity contribution in [3.8, 4) is 0 Å². The number of hydrogen-bond acceptors (Lipinski definition) is 2. The Kier molecular flexibility index (Phi) is 5.17. The van der Waals surface area contributed by atoms with Gasteiger partial charge in [0.05, 0.1) is 0 Å². The van der Waals surface area contributed by atoms with Gasteiger partial charge in [0, 0.05) is 35.6 Å². The second-order valence-electron chi connectivity index (χ2n) is 7.41. The van der Waals surface area contributed by atoms with E-state index in [0.29, 0.717) is 18.7 Å². The summed E-state index contributed by atoms with van der Waals surface area (Å²) in [5.74, 6) is 0.496. The topological polar surface area (TPSA) is 49.4 Å². The van der Waals surface area contributed by atoms with E-state index in [1.807, 2.05) is 59.5 Å². The summed E-state index contributed by atoms with van der Waals surface area (Å²) in [6.45, 7) is 1.40. The molecule has 27 heavy (non-hydrogen) atoms. The molecule has 0 radical (unpaired) electrons. The van der Waals surface area contributed by atoms with E-state index in [4.69, 9.17) is 11.6 Å². The first-order valence-corrected chi connectivity index (χ1v) is 9.90. The van der Waals surface area contributed by atoms with Gasteiger partial charge in [0.25, 0.3) is 5.91 Å². The Hall–Kier alpha value is -2.33. The SMILES string of the molecule is O=C(NC1CCN(C(=O)C2CC2c2ccccc2Cl)CC1)c1ccccc1. The molecule has 2 aliphatic rings. The van der Waals surface area contributed by atoms with Crippen LogP contribution in [0.15, 0.2) is 54.6 Å². The minimum Gasteiger partial charge on any atom is -0.349 e. The molecule has 2 aromatic rings. The molecular weight excluding hydrogens is 360 g/mol. The standard InChI is InChI=1S/C22H23ClN2O2/c23-20-9-5-4-8-17(20)18-14-19(18)22(27)25-12-10-16(11-13-25)24-21(26)15-6-2-1-3-7-15/h1-9,16,18-19H,10-14H2,(H,24,26). The van der Waals surface area contributed by atoms with E-state index in [2.05, 4.69) is 5.32 Å². The van der Waals surface area contributed by atoms with Crippen LogP contribution in [0.5, 0.6) is 0 Å². The number of hydrogen-bond donors (Lipinski definition) is 1. The predicted molar refractivity (Wildman–Crippen MR) is 106 cm³/mol. The van der Waals surface area contributed by atoms with Crippen LogP contribution in [0, 0.1) is 5.92 Å². The Labute approximate surface area is 164 Å². The molecule has 1 heterocycles. The third-order valence-electron chi connectivity index (χ3n) is 5.59. The van der Waals surface area contributed by atoms with Gasteiger partial charge in [0.1, 0.15) is 0 Å². The molecule has 2 aromatic carbocycles. The fourth-order valence-corrected chi connectivity index (χ4v) is 4.20. The molecule has 2 amide bonds. The zero-order valence-electron chi connectivity index (χ0n) is 15.1. The van der Waals surface area contributed by atoms with Crippen molar-refractivity contribution in [2.45, 2.75) is 31.2 Å². The molecule has 4 rings (SSSR count). The monoisotopic (exact) mass is 382 g/mol. The zero-order chi connectivity index (χ0) is 18.8. The first kappa shape index (κ1) is 18.1. The average molecular weight is 383 g/mol. The molecule has 4 nitrogen and oxygen atoms in total. The van der Waals surface area contributed by atoms with Crippen molar-refractivity contribution in [3.05, 3.63) is 70.7 Å². The van der Waals surface area contributed by atoms with Crippen LogP contribution in [-0.4, -0.2) is 35.8 Å². The number of nitrogens with one attached hydrogen (secondary N) is 1. The van der Waals surface area contributed by atoms with Gasteiger partial charge in [-0.15, -0.1) is 0 Å². The molecule has 2 unspecified atom stereocenters. The number of halogens is 1. The van der Waals surface area contributed by atoms with Gasteiger partial charge in [-0.2, -0.15) is 0 Å². The fraction of sp³-hybridized carbons (Fsp3) is 0.364. The van der Waals surface area contributed by atoms with Gasteiger partial charge in [-0.1, -0.05) is 48.0 Å². The minimum absolute atomic E-state index is 0.0404. The van der Waals surface area contributed by atoms with Crippen molar-refractivity contribution in [1.29, 1.82) is 0 Å². The summed E-state index contributed by atoms with van der Waals surface area (Å²) in [7, 11) is 0. The highest BCUT2D eigenvalue weighted by Crippen LogP contribution is 2.50. The van der Waals surface area contributed by atoms with Crippen molar-refractivity contribution in [2.75, 3.05) is 13.1 Å². The number of benzene rings is 2. The minimum atomic E-state index is -0.0404. The summed E-state index contributed by atoms with van der Waals surface area (Å²) in [6, 6.07) is 17.2. The normalized spacial score (nSPS) is 22.3. The molecule has 2 fully saturated rings. The first-order chi connectivity index (χ1) is 13.1. The predicted octanol–water partition coefficient (Wildman–Crippen LogP) is 3.86. The Morgan fingerprint density at radius 3 is 2.33 bits per heavy atom. The van der Waals surface area contributed by atoms with Gasteiger partial charge >= 0.3 is 0 Å². The largest absolute Gasteiger partial charge is 0.349 e.